The largest absolute Gasteiger partial charge is 0.497 e. The van der Waals surface area contributed by atoms with E-state index in [9.17, 15) is 23.3 Å². The highest BCUT2D eigenvalue weighted by molar-refractivity contribution is 7.91. The quantitative estimate of drug-likeness (QED) is 0.393. The van der Waals surface area contributed by atoms with Crippen LogP contribution in [0.1, 0.15) is 11.1 Å². The van der Waals surface area contributed by atoms with Gasteiger partial charge in [-0.1, -0.05) is 41.4 Å². The van der Waals surface area contributed by atoms with Crippen molar-refractivity contribution in [2.24, 2.45) is 5.73 Å². The van der Waals surface area contributed by atoms with Crippen molar-refractivity contribution in [3.63, 3.8) is 0 Å². The number of ether oxygens (including phenoxy) is 1. The number of nitrogens with two attached hydrogens (primary N) is 1. The molecule has 33 heavy (non-hydrogen) atoms. The second-order valence-corrected chi connectivity index (χ2v) is 9.80. The lowest BCUT2D eigenvalue weighted by Crippen LogP contribution is -2.45. The minimum absolute atomic E-state index is 0.0890. The molecule has 1 amide bonds. The maximum absolute atomic E-state index is 13.8. The molecule has 0 fully saturated rings. The van der Waals surface area contributed by atoms with Gasteiger partial charge in [0.1, 0.15) is 10.6 Å². The molecule has 0 saturated carbocycles. The molecule has 12 heteroatoms. The van der Waals surface area contributed by atoms with Crippen molar-refractivity contribution in [3.8, 4) is 5.75 Å². The molecule has 3 aromatic rings. The van der Waals surface area contributed by atoms with E-state index in [4.69, 9.17) is 33.7 Å². The normalized spacial score (nSPS) is 17.4. The van der Waals surface area contributed by atoms with E-state index in [0.29, 0.717) is 0 Å². The van der Waals surface area contributed by atoms with Gasteiger partial charge in [-0.25, -0.2) is 8.42 Å². The van der Waals surface area contributed by atoms with Gasteiger partial charge in [0, 0.05) is 21.8 Å². The standard InChI is InChI=1S/C21H15Cl2N3O6S/c1-32-11-6-9-17(16(10-11)26(28)29)33(30,31)19-14(23)7-8-15-18(19)21(24,20(27)25-15)12-4-2-3-5-13(12)22/h2-10H,24H2,1H3,(H,25,27). The van der Waals surface area contributed by atoms with E-state index in [1.165, 1.54) is 37.4 Å². The number of hydrogen-bond donors (Lipinski definition) is 2. The third kappa shape index (κ3) is 3.42. The van der Waals surface area contributed by atoms with Gasteiger partial charge in [-0.3, -0.25) is 14.9 Å². The lowest BCUT2D eigenvalue weighted by Gasteiger charge is -2.26. The van der Waals surface area contributed by atoms with E-state index >= 15 is 0 Å². The number of carbonyl (C=O) groups is 1. The number of rotatable bonds is 5. The summed E-state index contributed by atoms with van der Waals surface area (Å²) in [5.41, 5.74) is 3.89. The van der Waals surface area contributed by atoms with E-state index in [1.54, 1.807) is 12.1 Å². The molecule has 1 aliphatic heterocycles. The molecule has 0 radical (unpaired) electrons. The Balaban J connectivity index is 2.08. The van der Waals surface area contributed by atoms with Crippen LogP contribution in [0.5, 0.6) is 5.75 Å². The fraction of sp³-hybridized carbons (Fsp3) is 0.0952. The van der Waals surface area contributed by atoms with Crippen LogP contribution >= 0.6 is 23.2 Å². The first-order valence-corrected chi connectivity index (χ1v) is 11.5. The smallest absolute Gasteiger partial charge is 0.292 e. The number of carbonyl (C=O) groups excluding carboxylic acids is 1. The summed E-state index contributed by atoms with van der Waals surface area (Å²) in [6.45, 7) is 0. The van der Waals surface area contributed by atoms with Gasteiger partial charge in [0.2, 0.25) is 9.84 Å². The van der Waals surface area contributed by atoms with Crippen LogP contribution in [0.3, 0.4) is 0 Å². The Morgan fingerprint density at radius 1 is 1.09 bits per heavy atom. The van der Waals surface area contributed by atoms with Gasteiger partial charge in [0.25, 0.3) is 11.6 Å². The highest BCUT2D eigenvalue weighted by Crippen LogP contribution is 2.48. The van der Waals surface area contributed by atoms with Crippen molar-refractivity contribution in [2.75, 3.05) is 12.4 Å². The average Bonchev–Trinajstić information content (AvgIpc) is 3.04. The van der Waals surface area contributed by atoms with Crippen molar-refractivity contribution < 1.29 is 22.9 Å². The summed E-state index contributed by atoms with van der Waals surface area (Å²) in [7, 11) is -3.37. The van der Waals surface area contributed by atoms with Crippen molar-refractivity contribution in [2.45, 2.75) is 15.3 Å². The summed E-state index contributed by atoms with van der Waals surface area (Å²) in [6.07, 6.45) is 0. The summed E-state index contributed by atoms with van der Waals surface area (Å²) >= 11 is 12.6. The molecule has 3 aromatic carbocycles. The number of hydrogen-bond acceptors (Lipinski definition) is 7. The Morgan fingerprint density at radius 2 is 1.79 bits per heavy atom. The fourth-order valence-electron chi connectivity index (χ4n) is 3.79. The number of methoxy groups -OCH3 is 1. The second kappa shape index (κ2) is 7.99. The molecule has 9 nitrogen and oxygen atoms in total. The number of nitro benzene ring substituents is 1. The molecule has 1 aliphatic rings. The summed E-state index contributed by atoms with van der Waals surface area (Å²) in [4.78, 5) is 22.7. The van der Waals surface area contributed by atoms with Crippen molar-refractivity contribution in [1.29, 1.82) is 0 Å². The highest BCUT2D eigenvalue weighted by atomic mass is 35.5. The zero-order valence-corrected chi connectivity index (χ0v) is 19.2. The van der Waals surface area contributed by atoms with E-state index in [2.05, 4.69) is 5.32 Å². The topological polar surface area (TPSA) is 142 Å². The van der Waals surface area contributed by atoms with Gasteiger partial charge in [0.05, 0.1) is 28.0 Å². The Kier molecular flexibility index (Phi) is 5.57. The average molecular weight is 508 g/mol. The third-order valence-electron chi connectivity index (χ3n) is 5.33. The van der Waals surface area contributed by atoms with Crippen LogP contribution in [-0.4, -0.2) is 26.4 Å². The monoisotopic (exact) mass is 507 g/mol. The Hall–Kier alpha value is -3.18. The summed E-state index contributed by atoms with van der Waals surface area (Å²) in [5, 5.41) is 14.1. The molecule has 0 saturated heterocycles. The zero-order valence-electron chi connectivity index (χ0n) is 16.8. The van der Waals surface area contributed by atoms with Crippen molar-refractivity contribution in [3.05, 3.63) is 85.9 Å². The number of nitrogens with one attached hydrogen (secondary N) is 1. The summed E-state index contributed by atoms with van der Waals surface area (Å²) in [5.74, 6) is -0.639. The zero-order chi connectivity index (χ0) is 24.1. The number of nitrogens with zero attached hydrogens (tertiary/aromatic N) is 1. The van der Waals surface area contributed by atoms with Gasteiger partial charge in [-0.05, 0) is 30.3 Å². The predicted octanol–water partition coefficient (Wildman–Crippen LogP) is 3.90. The molecule has 1 heterocycles. The molecule has 0 aliphatic carbocycles. The molecule has 3 N–H and O–H groups in total. The Bertz CT molecular complexity index is 1440. The van der Waals surface area contributed by atoms with Crippen molar-refractivity contribution in [1.82, 2.24) is 0 Å². The molecule has 0 bridgehead atoms. The van der Waals surface area contributed by atoms with Gasteiger partial charge in [-0.15, -0.1) is 0 Å². The van der Waals surface area contributed by atoms with Crippen LogP contribution in [-0.2, 0) is 20.2 Å². The van der Waals surface area contributed by atoms with Crippen LogP contribution in [0.15, 0.2) is 64.4 Å². The second-order valence-electron chi connectivity index (χ2n) is 7.14. The lowest BCUT2D eigenvalue weighted by molar-refractivity contribution is -0.387. The van der Waals surface area contributed by atoms with Crippen LogP contribution in [0.25, 0.3) is 0 Å². The van der Waals surface area contributed by atoms with Gasteiger partial charge in [-0.2, -0.15) is 0 Å². The van der Waals surface area contributed by atoms with Crippen LogP contribution in [0, 0.1) is 10.1 Å². The number of sulfone groups is 1. The third-order valence-corrected chi connectivity index (χ3v) is 7.97. The molecular weight excluding hydrogens is 493 g/mol. The van der Waals surface area contributed by atoms with E-state index in [1.807, 2.05) is 0 Å². The van der Waals surface area contributed by atoms with Gasteiger partial charge in [0.15, 0.2) is 5.54 Å². The SMILES string of the molecule is COc1ccc(S(=O)(=O)c2c(Cl)ccc3c2C(N)(c2ccccc2Cl)C(=O)N3)c([N+](=O)[O-])c1. The molecule has 170 valence electrons. The first-order valence-electron chi connectivity index (χ1n) is 9.29. The first kappa shape index (κ1) is 23.0. The predicted molar refractivity (Wildman–Crippen MR) is 122 cm³/mol. The Labute approximate surface area is 198 Å². The number of benzene rings is 3. The molecule has 4 rings (SSSR count). The summed E-state index contributed by atoms with van der Waals surface area (Å²) < 4.78 is 32.6. The van der Waals surface area contributed by atoms with Crippen LogP contribution in [0.4, 0.5) is 11.4 Å². The summed E-state index contributed by atoms with van der Waals surface area (Å²) in [6, 6.07) is 12.2. The number of halogens is 2. The van der Waals surface area contributed by atoms with E-state index in [0.717, 1.165) is 12.1 Å². The maximum atomic E-state index is 13.8. The van der Waals surface area contributed by atoms with E-state index < -0.39 is 41.7 Å². The molecule has 1 unspecified atom stereocenters. The van der Waals surface area contributed by atoms with Crippen molar-refractivity contribution >= 4 is 50.3 Å². The maximum Gasteiger partial charge on any atom is 0.292 e. The number of fused-ring (bicyclic) bond motifs is 1. The molecule has 0 spiro atoms. The van der Waals surface area contributed by atoms with Crippen LogP contribution < -0.4 is 15.8 Å². The molecular formula is C21H15Cl2N3O6S. The number of nitro groups is 1. The first-order chi connectivity index (χ1) is 15.5. The molecule has 0 aromatic heterocycles. The number of anilines is 1. The number of amides is 1. The fourth-order valence-corrected chi connectivity index (χ4v) is 6.28. The lowest BCUT2D eigenvalue weighted by atomic mass is 9.85. The van der Waals surface area contributed by atoms with E-state index in [-0.39, 0.29) is 32.6 Å². The Morgan fingerprint density at radius 3 is 2.42 bits per heavy atom. The minimum Gasteiger partial charge on any atom is -0.497 e. The highest BCUT2D eigenvalue weighted by Gasteiger charge is 2.51. The molecule has 1 atom stereocenters. The van der Waals surface area contributed by atoms with Gasteiger partial charge < -0.3 is 15.8 Å². The minimum atomic E-state index is -4.66. The van der Waals surface area contributed by atoms with Gasteiger partial charge >= 0.3 is 0 Å². The van der Waals surface area contributed by atoms with Crippen LogP contribution in [0.2, 0.25) is 10.0 Å².